The number of amides is 1. The Morgan fingerprint density at radius 2 is 2.05 bits per heavy atom. The van der Waals surface area contributed by atoms with Gasteiger partial charge < -0.3 is 10.2 Å². The molecule has 1 aliphatic heterocycles. The average molecular weight is 275 g/mol. The molecule has 2 rings (SSSR count). The van der Waals surface area contributed by atoms with Gasteiger partial charge in [0.05, 0.1) is 11.6 Å². The first kappa shape index (κ1) is 14.3. The molecule has 0 aromatic heterocycles. The molecule has 1 aromatic carbocycles. The summed E-state index contributed by atoms with van der Waals surface area (Å²) in [7, 11) is 0. The second-order valence-corrected chi connectivity index (χ2v) is 4.96. The van der Waals surface area contributed by atoms with Crippen LogP contribution in [0.25, 0.3) is 0 Å². The van der Waals surface area contributed by atoms with E-state index in [1.807, 2.05) is 11.0 Å². The minimum Gasteiger partial charge on any atom is -0.384 e. The van der Waals surface area contributed by atoms with Crippen LogP contribution in [-0.2, 0) is 4.79 Å². The number of carbonyl (C=O) groups excluding carboxylic acids is 1. The van der Waals surface area contributed by atoms with Gasteiger partial charge >= 0.3 is 0 Å². The number of piperidine rings is 1. The predicted octanol–water partition coefficient (Wildman–Crippen LogP) is 2.51. The van der Waals surface area contributed by atoms with Crippen molar-refractivity contribution in [2.24, 2.45) is 0 Å². The van der Waals surface area contributed by atoms with E-state index in [0.29, 0.717) is 18.7 Å². The van der Waals surface area contributed by atoms with Gasteiger partial charge in [-0.2, -0.15) is 5.26 Å². The monoisotopic (exact) mass is 275 g/mol. The van der Waals surface area contributed by atoms with Gasteiger partial charge in [-0.05, 0) is 37.5 Å². The van der Waals surface area contributed by atoms with Crippen LogP contribution in [0.1, 0.15) is 31.2 Å². The van der Waals surface area contributed by atoms with Gasteiger partial charge in [0.1, 0.15) is 5.82 Å². The number of rotatable bonds is 4. The Bertz CT molecular complexity index is 518. The van der Waals surface area contributed by atoms with Gasteiger partial charge in [-0.15, -0.1) is 0 Å². The van der Waals surface area contributed by atoms with Gasteiger partial charge in [0.2, 0.25) is 5.91 Å². The van der Waals surface area contributed by atoms with E-state index in [-0.39, 0.29) is 11.5 Å². The van der Waals surface area contributed by atoms with E-state index in [1.54, 1.807) is 6.07 Å². The Labute approximate surface area is 118 Å². The number of likely N-dealkylation sites (tertiary alicyclic amines) is 1. The number of nitrogens with one attached hydrogen (secondary N) is 1. The zero-order valence-corrected chi connectivity index (χ0v) is 11.4. The maximum atomic E-state index is 13.2. The van der Waals surface area contributed by atoms with Gasteiger partial charge in [0, 0.05) is 31.7 Å². The molecule has 4 nitrogen and oxygen atoms in total. The van der Waals surface area contributed by atoms with Crippen molar-refractivity contribution >= 4 is 11.6 Å². The Morgan fingerprint density at radius 1 is 1.30 bits per heavy atom. The van der Waals surface area contributed by atoms with Crippen molar-refractivity contribution in [2.75, 3.05) is 25.0 Å². The zero-order chi connectivity index (χ0) is 14.4. The van der Waals surface area contributed by atoms with Crippen molar-refractivity contribution in [3.63, 3.8) is 0 Å². The number of hydrogen-bond acceptors (Lipinski definition) is 3. The number of halogens is 1. The summed E-state index contributed by atoms with van der Waals surface area (Å²) in [6.07, 6.45) is 3.74. The summed E-state index contributed by atoms with van der Waals surface area (Å²) in [5, 5.41) is 11.8. The number of nitrogens with zero attached hydrogens (tertiary/aromatic N) is 2. The van der Waals surface area contributed by atoms with E-state index < -0.39 is 5.82 Å². The minimum atomic E-state index is -0.450. The molecule has 106 valence electrons. The lowest BCUT2D eigenvalue weighted by Crippen LogP contribution is -2.36. The molecule has 1 aliphatic rings. The van der Waals surface area contributed by atoms with Gasteiger partial charge in [-0.3, -0.25) is 4.79 Å². The Hall–Kier alpha value is -2.09. The van der Waals surface area contributed by atoms with E-state index in [1.165, 1.54) is 18.6 Å². The highest BCUT2D eigenvalue weighted by molar-refractivity contribution is 5.76. The molecule has 5 heteroatoms. The number of nitriles is 1. The van der Waals surface area contributed by atoms with Crippen LogP contribution in [0.15, 0.2) is 18.2 Å². The summed E-state index contributed by atoms with van der Waals surface area (Å²) in [4.78, 5) is 13.8. The molecule has 0 unspecified atom stereocenters. The number of anilines is 1. The third-order valence-electron chi connectivity index (χ3n) is 3.40. The fourth-order valence-electron chi connectivity index (χ4n) is 2.37. The second-order valence-electron chi connectivity index (χ2n) is 4.96. The fraction of sp³-hybridized carbons (Fsp3) is 0.467. The molecular weight excluding hydrogens is 257 g/mol. The number of benzene rings is 1. The van der Waals surface area contributed by atoms with Crippen LogP contribution in [0, 0.1) is 17.1 Å². The Kier molecular flexibility index (Phi) is 4.94. The van der Waals surface area contributed by atoms with Gasteiger partial charge in [0.25, 0.3) is 0 Å². The van der Waals surface area contributed by atoms with E-state index in [4.69, 9.17) is 5.26 Å². The van der Waals surface area contributed by atoms with Crippen LogP contribution in [-0.4, -0.2) is 30.4 Å². The molecule has 1 aromatic rings. The summed E-state index contributed by atoms with van der Waals surface area (Å²) in [6.45, 7) is 2.14. The highest BCUT2D eigenvalue weighted by Gasteiger charge is 2.15. The van der Waals surface area contributed by atoms with Crippen molar-refractivity contribution in [1.82, 2.24) is 4.90 Å². The smallest absolute Gasteiger partial charge is 0.224 e. The Balaban J connectivity index is 1.82. The molecule has 20 heavy (non-hydrogen) atoms. The number of carbonyl (C=O) groups is 1. The standard InChI is InChI=1S/C15H18FN3O/c16-13-8-12(11-17)9-14(10-13)18-5-4-15(20)19-6-2-1-3-7-19/h8-10,18H,1-7H2. The Morgan fingerprint density at radius 3 is 2.75 bits per heavy atom. The fourth-order valence-corrected chi connectivity index (χ4v) is 2.37. The molecule has 0 atom stereocenters. The third-order valence-corrected chi connectivity index (χ3v) is 3.40. The van der Waals surface area contributed by atoms with Crippen LogP contribution in [0.3, 0.4) is 0 Å². The summed E-state index contributed by atoms with van der Waals surface area (Å²) in [6, 6.07) is 5.99. The summed E-state index contributed by atoms with van der Waals surface area (Å²) < 4.78 is 13.2. The lowest BCUT2D eigenvalue weighted by Gasteiger charge is -2.26. The summed E-state index contributed by atoms with van der Waals surface area (Å²) >= 11 is 0. The molecule has 1 amide bonds. The highest BCUT2D eigenvalue weighted by Crippen LogP contribution is 2.14. The average Bonchev–Trinajstić information content (AvgIpc) is 2.47. The third kappa shape index (κ3) is 3.95. The van der Waals surface area contributed by atoms with E-state index >= 15 is 0 Å². The second kappa shape index (κ2) is 6.90. The first-order valence-electron chi connectivity index (χ1n) is 6.91. The van der Waals surface area contributed by atoms with Crippen LogP contribution >= 0.6 is 0 Å². The van der Waals surface area contributed by atoms with Crippen molar-refractivity contribution in [3.8, 4) is 6.07 Å². The van der Waals surface area contributed by atoms with Gasteiger partial charge in [-0.25, -0.2) is 4.39 Å². The highest BCUT2D eigenvalue weighted by atomic mass is 19.1. The maximum Gasteiger partial charge on any atom is 0.224 e. The van der Waals surface area contributed by atoms with Crippen molar-refractivity contribution in [2.45, 2.75) is 25.7 Å². The van der Waals surface area contributed by atoms with Crippen LogP contribution in [0.4, 0.5) is 10.1 Å². The van der Waals surface area contributed by atoms with Crippen LogP contribution in [0.2, 0.25) is 0 Å². The molecule has 0 radical (unpaired) electrons. The van der Waals surface area contributed by atoms with E-state index in [2.05, 4.69) is 5.32 Å². The maximum absolute atomic E-state index is 13.2. The van der Waals surface area contributed by atoms with Gasteiger partial charge in [-0.1, -0.05) is 0 Å². The molecule has 0 spiro atoms. The summed E-state index contributed by atoms with van der Waals surface area (Å²) in [5.41, 5.74) is 0.808. The van der Waals surface area contributed by atoms with Crippen LogP contribution < -0.4 is 5.32 Å². The molecule has 0 bridgehead atoms. The van der Waals surface area contributed by atoms with Crippen molar-refractivity contribution in [1.29, 1.82) is 5.26 Å². The largest absolute Gasteiger partial charge is 0.384 e. The van der Waals surface area contributed by atoms with E-state index in [9.17, 15) is 9.18 Å². The quantitative estimate of drug-likeness (QED) is 0.918. The molecule has 0 saturated carbocycles. The normalized spacial score (nSPS) is 14.7. The van der Waals surface area contributed by atoms with Gasteiger partial charge in [0.15, 0.2) is 0 Å². The SMILES string of the molecule is N#Cc1cc(F)cc(NCCC(=O)N2CCCCC2)c1. The van der Waals surface area contributed by atoms with Crippen LogP contribution in [0.5, 0.6) is 0 Å². The molecule has 0 aliphatic carbocycles. The first-order chi connectivity index (χ1) is 9.69. The molecule has 1 fully saturated rings. The lowest BCUT2D eigenvalue weighted by atomic mass is 10.1. The minimum absolute atomic E-state index is 0.133. The summed E-state index contributed by atoms with van der Waals surface area (Å²) in [5.74, 6) is -0.317. The number of hydrogen-bond donors (Lipinski definition) is 1. The van der Waals surface area contributed by atoms with Crippen molar-refractivity contribution in [3.05, 3.63) is 29.6 Å². The molecular formula is C15H18FN3O. The predicted molar refractivity (Wildman–Crippen MR) is 74.7 cm³/mol. The lowest BCUT2D eigenvalue weighted by molar-refractivity contribution is -0.131. The van der Waals surface area contributed by atoms with Crippen molar-refractivity contribution < 1.29 is 9.18 Å². The molecule has 1 saturated heterocycles. The molecule has 1 heterocycles. The van der Waals surface area contributed by atoms with E-state index in [0.717, 1.165) is 25.9 Å². The first-order valence-corrected chi connectivity index (χ1v) is 6.91. The molecule has 1 N–H and O–H groups in total. The topological polar surface area (TPSA) is 56.1 Å². The zero-order valence-electron chi connectivity index (χ0n) is 11.4.